The summed E-state index contributed by atoms with van der Waals surface area (Å²) in [5.41, 5.74) is 7.23. The standard InChI is InChI=1S/C12H16ClNS/c1-8(2)15-11-4-3-9(7-10(11)13)12(14)5-6-12/h3-4,7-8H,5-6,14H2,1-2H3. The molecule has 0 aliphatic heterocycles. The van der Waals surface area contributed by atoms with Gasteiger partial charge in [0, 0.05) is 15.7 Å². The van der Waals surface area contributed by atoms with Crippen molar-refractivity contribution in [3.8, 4) is 0 Å². The van der Waals surface area contributed by atoms with Crippen molar-refractivity contribution in [1.29, 1.82) is 0 Å². The lowest BCUT2D eigenvalue weighted by Gasteiger charge is -2.12. The molecule has 0 spiro atoms. The second kappa shape index (κ2) is 4.00. The summed E-state index contributed by atoms with van der Waals surface area (Å²) in [5, 5.41) is 1.39. The van der Waals surface area contributed by atoms with E-state index in [0.717, 1.165) is 22.8 Å². The number of thioether (sulfide) groups is 1. The van der Waals surface area contributed by atoms with Crippen molar-refractivity contribution in [2.45, 2.75) is 42.4 Å². The Morgan fingerprint density at radius 1 is 1.40 bits per heavy atom. The minimum Gasteiger partial charge on any atom is -0.321 e. The Kier molecular flexibility index (Phi) is 3.02. The quantitative estimate of drug-likeness (QED) is 0.815. The highest BCUT2D eigenvalue weighted by molar-refractivity contribution is 8.00. The smallest absolute Gasteiger partial charge is 0.0545 e. The fourth-order valence-corrected chi connectivity index (χ4v) is 2.72. The molecule has 1 aromatic carbocycles. The van der Waals surface area contributed by atoms with Crippen LogP contribution in [0.4, 0.5) is 0 Å². The van der Waals surface area contributed by atoms with Gasteiger partial charge in [-0.15, -0.1) is 11.8 Å². The van der Waals surface area contributed by atoms with Crippen LogP contribution < -0.4 is 5.73 Å². The predicted octanol–water partition coefficient (Wildman–Crippen LogP) is 3.79. The van der Waals surface area contributed by atoms with Crippen LogP contribution in [0, 0.1) is 0 Å². The Labute approximate surface area is 100 Å². The number of hydrogen-bond acceptors (Lipinski definition) is 2. The van der Waals surface area contributed by atoms with Crippen LogP contribution >= 0.6 is 23.4 Å². The van der Waals surface area contributed by atoms with E-state index in [-0.39, 0.29) is 5.54 Å². The average Bonchev–Trinajstić information content (AvgIpc) is 2.88. The van der Waals surface area contributed by atoms with Gasteiger partial charge in [0.05, 0.1) is 5.02 Å². The number of nitrogens with two attached hydrogens (primary N) is 1. The number of rotatable bonds is 3. The van der Waals surface area contributed by atoms with E-state index in [0.29, 0.717) is 5.25 Å². The van der Waals surface area contributed by atoms with E-state index in [1.807, 2.05) is 6.07 Å². The normalized spacial score (nSPS) is 18.2. The monoisotopic (exact) mass is 241 g/mol. The van der Waals surface area contributed by atoms with Crippen LogP contribution in [0.2, 0.25) is 5.02 Å². The molecule has 15 heavy (non-hydrogen) atoms. The molecule has 2 N–H and O–H groups in total. The molecule has 0 bridgehead atoms. The Bertz CT molecular complexity index is 372. The van der Waals surface area contributed by atoms with E-state index >= 15 is 0 Å². The zero-order valence-corrected chi connectivity index (χ0v) is 10.7. The number of benzene rings is 1. The molecule has 1 aromatic rings. The fourth-order valence-electron chi connectivity index (χ4n) is 1.58. The second-order valence-corrected chi connectivity index (χ2v) is 6.49. The van der Waals surface area contributed by atoms with Crippen LogP contribution in [-0.2, 0) is 5.54 Å². The Morgan fingerprint density at radius 3 is 2.53 bits per heavy atom. The first-order valence-electron chi connectivity index (χ1n) is 5.27. The maximum Gasteiger partial charge on any atom is 0.0545 e. The first kappa shape index (κ1) is 11.3. The van der Waals surface area contributed by atoms with Crippen LogP contribution in [0.25, 0.3) is 0 Å². The predicted molar refractivity (Wildman–Crippen MR) is 67.5 cm³/mol. The van der Waals surface area contributed by atoms with Gasteiger partial charge in [0.15, 0.2) is 0 Å². The fraction of sp³-hybridized carbons (Fsp3) is 0.500. The SMILES string of the molecule is CC(C)Sc1ccc(C2(N)CC2)cc1Cl. The first-order valence-corrected chi connectivity index (χ1v) is 6.52. The molecule has 1 fully saturated rings. The van der Waals surface area contributed by atoms with Gasteiger partial charge in [0.2, 0.25) is 0 Å². The first-order chi connectivity index (χ1) is 7.01. The molecule has 0 aromatic heterocycles. The van der Waals surface area contributed by atoms with E-state index in [4.69, 9.17) is 17.3 Å². The summed E-state index contributed by atoms with van der Waals surface area (Å²) >= 11 is 8.02. The molecule has 0 atom stereocenters. The highest BCUT2D eigenvalue weighted by atomic mass is 35.5. The molecule has 3 heteroatoms. The third-order valence-electron chi connectivity index (χ3n) is 2.66. The molecule has 0 heterocycles. The Balaban J connectivity index is 2.23. The van der Waals surface area contributed by atoms with E-state index in [2.05, 4.69) is 26.0 Å². The van der Waals surface area contributed by atoms with Gasteiger partial charge < -0.3 is 5.73 Å². The van der Waals surface area contributed by atoms with Crippen LogP contribution in [0.15, 0.2) is 23.1 Å². The number of hydrogen-bond donors (Lipinski definition) is 1. The van der Waals surface area contributed by atoms with Crippen LogP contribution in [0.3, 0.4) is 0 Å². The van der Waals surface area contributed by atoms with Crippen molar-refractivity contribution in [3.63, 3.8) is 0 Å². The van der Waals surface area contributed by atoms with Gasteiger partial charge in [-0.25, -0.2) is 0 Å². The van der Waals surface area contributed by atoms with Crippen molar-refractivity contribution in [1.82, 2.24) is 0 Å². The molecule has 82 valence electrons. The maximum atomic E-state index is 6.23. The van der Waals surface area contributed by atoms with E-state index in [9.17, 15) is 0 Å². The third-order valence-corrected chi connectivity index (χ3v) is 4.16. The molecule has 0 unspecified atom stereocenters. The lowest BCUT2D eigenvalue weighted by Crippen LogP contribution is -2.18. The summed E-state index contributed by atoms with van der Waals surface area (Å²) in [6.45, 7) is 4.33. The molecule has 1 aliphatic carbocycles. The van der Waals surface area contributed by atoms with Crippen LogP contribution in [0.1, 0.15) is 32.3 Å². The average molecular weight is 242 g/mol. The molecule has 2 rings (SSSR count). The maximum absolute atomic E-state index is 6.23. The number of halogens is 1. The zero-order chi connectivity index (χ0) is 11.1. The second-order valence-electron chi connectivity index (χ2n) is 4.47. The molecular formula is C12H16ClNS. The molecule has 0 radical (unpaired) electrons. The zero-order valence-electron chi connectivity index (χ0n) is 9.09. The lowest BCUT2D eigenvalue weighted by molar-refractivity contribution is 0.739. The van der Waals surface area contributed by atoms with E-state index in [1.165, 1.54) is 5.56 Å². The van der Waals surface area contributed by atoms with Crippen molar-refractivity contribution in [2.75, 3.05) is 0 Å². The van der Waals surface area contributed by atoms with Gasteiger partial charge in [0.25, 0.3) is 0 Å². The van der Waals surface area contributed by atoms with Gasteiger partial charge in [0.1, 0.15) is 0 Å². The minimum absolute atomic E-state index is 0.0787. The summed E-state index contributed by atoms with van der Waals surface area (Å²) in [4.78, 5) is 1.15. The third kappa shape index (κ3) is 2.49. The van der Waals surface area contributed by atoms with Crippen molar-refractivity contribution >= 4 is 23.4 Å². The van der Waals surface area contributed by atoms with Crippen LogP contribution in [0.5, 0.6) is 0 Å². The van der Waals surface area contributed by atoms with Gasteiger partial charge >= 0.3 is 0 Å². The van der Waals surface area contributed by atoms with Gasteiger partial charge in [-0.05, 0) is 30.5 Å². The molecule has 0 amide bonds. The van der Waals surface area contributed by atoms with Gasteiger partial charge in [-0.3, -0.25) is 0 Å². The highest BCUT2D eigenvalue weighted by Gasteiger charge is 2.40. The Morgan fingerprint density at radius 2 is 2.07 bits per heavy atom. The van der Waals surface area contributed by atoms with Gasteiger partial charge in [-0.2, -0.15) is 0 Å². The van der Waals surface area contributed by atoms with Crippen LogP contribution in [-0.4, -0.2) is 5.25 Å². The molecule has 0 saturated heterocycles. The lowest BCUT2D eigenvalue weighted by atomic mass is 10.1. The molecule has 1 aliphatic rings. The summed E-state index contributed by atoms with van der Waals surface area (Å²) in [6, 6.07) is 6.23. The summed E-state index contributed by atoms with van der Waals surface area (Å²) < 4.78 is 0. The molecule has 1 nitrogen and oxygen atoms in total. The summed E-state index contributed by atoms with van der Waals surface area (Å²) in [7, 11) is 0. The van der Waals surface area contributed by atoms with Crippen molar-refractivity contribution in [2.24, 2.45) is 5.73 Å². The summed E-state index contributed by atoms with van der Waals surface area (Å²) in [5.74, 6) is 0. The van der Waals surface area contributed by atoms with Gasteiger partial charge in [-0.1, -0.05) is 31.5 Å². The molecular weight excluding hydrogens is 226 g/mol. The van der Waals surface area contributed by atoms with E-state index < -0.39 is 0 Å². The van der Waals surface area contributed by atoms with Crippen molar-refractivity contribution in [3.05, 3.63) is 28.8 Å². The van der Waals surface area contributed by atoms with Crippen molar-refractivity contribution < 1.29 is 0 Å². The minimum atomic E-state index is -0.0787. The topological polar surface area (TPSA) is 26.0 Å². The molecule has 1 saturated carbocycles. The highest BCUT2D eigenvalue weighted by Crippen LogP contribution is 2.44. The Hall–Kier alpha value is -0.180. The largest absolute Gasteiger partial charge is 0.321 e. The summed E-state index contributed by atoms with van der Waals surface area (Å²) in [6.07, 6.45) is 2.17. The van der Waals surface area contributed by atoms with E-state index in [1.54, 1.807) is 11.8 Å².